The van der Waals surface area contributed by atoms with Gasteiger partial charge < -0.3 is 24.2 Å². The Morgan fingerprint density at radius 3 is 2.45 bits per heavy atom. The second-order valence-corrected chi connectivity index (χ2v) is 10.7. The Balaban J connectivity index is 2.02. The van der Waals surface area contributed by atoms with Crippen molar-refractivity contribution < 1.29 is 38.5 Å². The summed E-state index contributed by atoms with van der Waals surface area (Å²) in [5.74, 6) is -2.99. The molecule has 0 amide bonds. The van der Waals surface area contributed by atoms with Gasteiger partial charge in [-0.05, 0) is 18.9 Å². The summed E-state index contributed by atoms with van der Waals surface area (Å²) in [6.07, 6.45) is 3.89. The molecule has 0 bridgehead atoms. The maximum atomic E-state index is 14.0. The van der Waals surface area contributed by atoms with Crippen LogP contribution in [-0.4, -0.2) is 72.5 Å². The van der Waals surface area contributed by atoms with Gasteiger partial charge in [0, 0.05) is 68.6 Å². The lowest BCUT2D eigenvalue weighted by molar-refractivity contribution is -0.160. The van der Waals surface area contributed by atoms with Gasteiger partial charge in [-0.2, -0.15) is 0 Å². The summed E-state index contributed by atoms with van der Waals surface area (Å²) < 4.78 is 17.1. The van der Waals surface area contributed by atoms with Gasteiger partial charge >= 0.3 is 11.9 Å². The number of aliphatic hydroxyl groups excluding tert-OH is 1. The molecule has 1 saturated carbocycles. The minimum Gasteiger partial charge on any atom is -0.504 e. The molecule has 38 heavy (non-hydrogen) atoms. The third kappa shape index (κ3) is 4.04. The standard InChI is InChI=1S/C29H35NO8/c1-7-11-30(12-8-2)14-17-23-26(34)25(33)22-18-9-10-20(32)28(18,4)13-19(37-16(3)31)24(22)29(23,5)21(15-36-6)38-27(17)35/h7-8,14,18-19,21,34H,1-2,9-13,15H2,3-6H3/b17-14+/t18?,19?,21?,28-,29-/m0/s1. The van der Waals surface area contributed by atoms with E-state index in [9.17, 15) is 24.3 Å². The molecule has 2 fully saturated rings. The van der Waals surface area contributed by atoms with Crippen LogP contribution in [0, 0.1) is 16.7 Å². The van der Waals surface area contributed by atoms with Crippen molar-refractivity contribution in [1.29, 1.82) is 0 Å². The van der Waals surface area contributed by atoms with Crippen molar-refractivity contribution in [3.05, 3.63) is 59.6 Å². The molecule has 1 heterocycles. The van der Waals surface area contributed by atoms with E-state index in [0.717, 1.165) is 0 Å². The summed E-state index contributed by atoms with van der Waals surface area (Å²) >= 11 is 0. The first-order chi connectivity index (χ1) is 17.9. The van der Waals surface area contributed by atoms with Gasteiger partial charge in [0.15, 0.2) is 5.76 Å². The molecule has 1 aliphatic heterocycles. The average molecular weight is 526 g/mol. The summed E-state index contributed by atoms with van der Waals surface area (Å²) in [6.45, 7) is 13.0. The van der Waals surface area contributed by atoms with Crippen LogP contribution in [0.5, 0.6) is 0 Å². The highest BCUT2D eigenvalue weighted by Crippen LogP contribution is 2.62. The Kier molecular flexibility index (Phi) is 7.27. The van der Waals surface area contributed by atoms with Crippen molar-refractivity contribution in [2.45, 2.75) is 52.2 Å². The highest BCUT2D eigenvalue weighted by Gasteiger charge is 2.64. The summed E-state index contributed by atoms with van der Waals surface area (Å²) in [6, 6.07) is 0. The van der Waals surface area contributed by atoms with Crippen molar-refractivity contribution in [3.63, 3.8) is 0 Å². The number of cyclic esters (lactones) is 1. The number of Topliss-reactive ketones (excluding diaryl/α,β-unsaturated/α-hetero) is 2. The number of fused-ring (bicyclic) bond motifs is 4. The number of rotatable bonds is 8. The zero-order valence-electron chi connectivity index (χ0n) is 22.4. The molecular formula is C29H35NO8. The summed E-state index contributed by atoms with van der Waals surface area (Å²) in [4.78, 5) is 54.3. The quantitative estimate of drug-likeness (QED) is 0.290. The summed E-state index contributed by atoms with van der Waals surface area (Å²) in [5, 5.41) is 11.5. The van der Waals surface area contributed by atoms with E-state index >= 15 is 0 Å². The predicted octanol–water partition coefficient (Wildman–Crippen LogP) is 3.13. The van der Waals surface area contributed by atoms with Crippen LogP contribution in [0.25, 0.3) is 0 Å². The highest BCUT2D eigenvalue weighted by atomic mass is 16.6. The Hall–Kier alpha value is -3.46. The summed E-state index contributed by atoms with van der Waals surface area (Å²) in [5.41, 5.74) is -1.35. The van der Waals surface area contributed by atoms with Crippen molar-refractivity contribution in [1.82, 2.24) is 4.90 Å². The lowest BCUT2D eigenvalue weighted by Crippen LogP contribution is -2.57. The molecule has 9 nitrogen and oxygen atoms in total. The largest absolute Gasteiger partial charge is 0.504 e. The van der Waals surface area contributed by atoms with Gasteiger partial charge in [-0.1, -0.05) is 19.1 Å². The van der Waals surface area contributed by atoms with Crippen molar-refractivity contribution in [3.8, 4) is 0 Å². The number of nitrogens with zero attached hydrogens (tertiary/aromatic N) is 1. The Labute approximate surface area is 222 Å². The molecule has 0 radical (unpaired) electrons. The first-order valence-corrected chi connectivity index (χ1v) is 12.8. The maximum Gasteiger partial charge on any atom is 0.340 e. The molecule has 0 aromatic carbocycles. The molecule has 4 rings (SSSR count). The Morgan fingerprint density at radius 1 is 1.21 bits per heavy atom. The number of hydrogen-bond donors (Lipinski definition) is 1. The van der Waals surface area contributed by atoms with E-state index in [1.54, 1.807) is 30.9 Å². The highest BCUT2D eigenvalue weighted by molar-refractivity contribution is 6.14. The zero-order valence-corrected chi connectivity index (χ0v) is 22.4. The van der Waals surface area contributed by atoms with Crippen LogP contribution in [-0.2, 0) is 33.4 Å². The van der Waals surface area contributed by atoms with E-state index < -0.39 is 52.4 Å². The van der Waals surface area contributed by atoms with Gasteiger partial charge in [0.2, 0.25) is 5.78 Å². The van der Waals surface area contributed by atoms with Gasteiger partial charge in [-0.15, -0.1) is 13.2 Å². The minimum absolute atomic E-state index is 0.00740. The smallest absolute Gasteiger partial charge is 0.340 e. The molecule has 1 saturated heterocycles. The van der Waals surface area contributed by atoms with E-state index in [1.165, 1.54) is 20.2 Å². The fourth-order valence-electron chi connectivity index (χ4n) is 6.78. The zero-order chi connectivity index (χ0) is 28.0. The topological polar surface area (TPSA) is 119 Å². The molecule has 0 aromatic heterocycles. The fraction of sp³-hybridized carbons (Fsp3) is 0.517. The normalized spacial score (nSPS) is 33.4. The van der Waals surface area contributed by atoms with Crippen LogP contribution in [0.4, 0.5) is 0 Å². The van der Waals surface area contributed by atoms with E-state index in [0.29, 0.717) is 25.1 Å². The van der Waals surface area contributed by atoms with Crippen LogP contribution < -0.4 is 0 Å². The SMILES string of the molecule is C=CCN(/C=C1/C(=O)OC(COC)[C@@]2(C)C1=C(O)C(=O)C1=C2C(OC(C)=O)C[C@]2(C)C(=O)CCC12)CC=C. The number of ether oxygens (including phenoxy) is 3. The van der Waals surface area contributed by atoms with Gasteiger partial charge in [0.05, 0.1) is 17.6 Å². The molecule has 9 heteroatoms. The molecule has 3 aliphatic carbocycles. The van der Waals surface area contributed by atoms with Crippen LogP contribution >= 0.6 is 0 Å². The first-order valence-electron chi connectivity index (χ1n) is 12.8. The number of carbonyl (C=O) groups excluding carboxylic acids is 4. The number of carbonyl (C=O) groups is 4. The molecule has 4 aliphatic rings. The second-order valence-electron chi connectivity index (χ2n) is 10.7. The van der Waals surface area contributed by atoms with Crippen LogP contribution in [0.15, 0.2) is 59.6 Å². The van der Waals surface area contributed by atoms with E-state index in [1.807, 2.05) is 0 Å². The van der Waals surface area contributed by atoms with Gasteiger partial charge in [0.25, 0.3) is 0 Å². The van der Waals surface area contributed by atoms with Crippen LogP contribution in [0.3, 0.4) is 0 Å². The van der Waals surface area contributed by atoms with Crippen molar-refractivity contribution in [2.75, 3.05) is 26.8 Å². The predicted molar refractivity (Wildman–Crippen MR) is 138 cm³/mol. The molecule has 204 valence electrons. The van der Waals surface area contributed by atoms with E-state index in [4.69, 9.17) is 14.2 Å². The lowest BCUT2D eigenvalue weighted by atomic mass is 9.53. The molecule has 3 unspecified atom stereocenters. The number of esters is 2. The number of allylic oxidation sites excluding steroid dienone is 1. The lowest BCUT2D eigenvalue weighted by Gasteiger charge is -2.53. The minimum atomic E-state index is -1.27. The maximum absolute atomic E-state index is 14.0. The van der Waals surface area contributed by atoms with Crippen LogP contribution in [0.2, 0.25) is 0 Å². The van der Waals surface area contributed by atoms with E-state index in [-0.39, 0.29) is 42.0 Å². The van der Waals surface area contributed by atoms with E-state index in [2.05, 4.69) is 13.2 Å². The number of aliphatic hydroxyl groups is 1. The van der Waals surface area contributed by atoms with Gasteiger partial charge in [-0.3, -0.25) is 14.4 Å². The van der Waals surface area contributed by atoms with Crippen LogP contribution in [0.1, 0.15) is 40.0 Å². The molecular weight excluding hydrogens is 490 g/mol. The van der Waals surface area contributed by atoms with Crippen molar-refractivity contribution in [2.24, 2.45) is 16.7 Å². The third-order valence-corrected chi connectivity index (χ3v) is 8.46. The monoisotopic (exact) mass is 525 g/mol. The van der Waals surface area contributed by atoms with Gasteiger partial charge in [-0.25, -0.2) is 4.79 Å². The Bertz CT molecular complexity index is 1200. The number of methoxy groups -OCH3 is 1. The molecule has 0 aromatic rings. The third-order valence-electron chi connectivity index (χ3n) is 8.46. The number of hydrogen-bond acceptors (Lipinski definition) is 9. The molecule has 1 N–H and O–H groups in total. The summed E-state index contributed by atoms with van der Waals surface area (Å²) in [7, 11) is 1.46. The Morgan fingerprint density at radius 2 is 1.87 bits per heavy atom. The molecule has 0 spiro atoms. The first kappa shape index (κ1) is 27.6. The number of ketones is 2. The molecule has 5 atom stereocenters. The fourth-order valence-corrected chi connectivity index (χ4v) is 6.78. The second kappa shape index (κ2) is 10.0. The average Bonchev–Trinajstić information content (AvgIpc) is 3.13. The van der Waals surface area contributed by atoms with Crippen molar-refractivity contribution >= 4 is 23.5 Å². The van der Waals surface area contributed by atoms with Gasteiger partial charge in [0.1, 0.15) is 18.0 Å².